The van der Waals surface area contributed by atoms with E-state index in [4.69, 9.17) is 16.3 Å². The van der Waals surface area contributed by atoms with Crippen LogP contribution in [0.2, 0.25) is 5.02 Å². The molecule has 0 bridgehead atoms. The second-order valence-electron chi connectivity index (χ2n) is 5.25. The summed E-state index contributed by atoms with van der Waals surface area (Å²) < 4.78 is 7.05. The van der Waals surface area contributed by atoms with Gasteiger partial charge in [-0.1, -0.05) is 37.6 Å². The molecule has 0 aliphatic carbocycles. The highest BCUT2D eigenvalue weighted by Crippen LogP contribution is 2.30. The zero-order chi connectivity index (χ0) is 15.2. The normalized spacial score (nSPS) is 11.1. The Morgan fingerprint density at radius 1 is 1.29 bits per heavy atom. The first-order chi connectivity index (χ1) is 10.1. The molecule has 2 aromatic rings. The second-order valence-corrected chi connectivity index (χ2v) is 8.20. The molecule has 0 amide bonds. The van der Waals surface area contributed by atoms with Gasteiger partial charge in [0, 0.05) is 17.0 Å². The summed E-state index contributed by atoms with van der Waals surface area (Å²) in [5, 5.41) is 4.09. The van der Waals surface area contributed by atoms with Crippen molar-refractivity contribution in [3.63, 3.8) is 0 Å². The Morgan fingerprint density at radius 3 is 2.76 bits per heavy atom. The van der Waals surface area contributed by atoms with Gasteiger partial charge >= 0.3 is 0 Å². The zero-order valence-electron chi connectivity index (χ0n) is 12.2. The maximum Gasteiger partial charge on any atom is 0.142 e. The summed E-state index contributed by atoms with van der Waals surface area (Å²) in [4.78, 5) is 1.17. The molecule has 0 aliphatic rings. The smallest absolute Gasteiger partial charge is 0.142 e. The summed E-state index contributed by atoms with van der Waals surface area (Å²) in [6.45, 7) is 6.66. The van der Waals surface area contributed by atoms with Crippen molar-refractivity contribution >= 4 is 38.9 Å². The second kappa shape index (κ2) is 8.18. The molecule has 0 spiro atoms. The van der Waals surface area contributed by atoms with Crippen molar-refractivity contribution < 1.29 is 4.74 Å². The lowest BCUT2D eigenvalue weighted by Gasteiger charge is -2.14. The number of nitrogens with one attached hydrogen (secondary N) is 1. The highest BCUT2D eigenvalue weighted by molar-refractivity contribution is 9.11. The van der Waals surface area contributed by atoms with Gasteiger partial charge in [-0.15, -0.1) is 11.3 Å². The van der Waals surface area contributed by atoms with E-state index in [1.54, 1.807) is 11.3 Å². The van der Waals surface area contributed by atoms with Crippen LogP contribution in [0.4, 0.5) is 0 Å². The quantitative estimate of drug-likeness (QED) is 0.677. The lowest BCUT2D eigenvalue weighted by atomic mass is 10.2. The number of hydrogen-bond acceptors (Lipinski definition) is 3. The molecule has 0 fully saturated rings. The summed E-state index contributed by atoms with van der Waals surface area (Å²) >= 11 is 11.4. The molecule has 1 aromatic carbocycles. The lowest BCUT2D eigenvalue weighted by molar-refractivity contribution is 0.305. The van der Waals surface area contributed by atoms with Gasteiger partial charge in [0.25, 0.3) is 0 Å². The molecule has 0 unspecified atom stereocenters. The van der Waals surface area contributed by atoms with Crippen LogP contribution >= 0.6 is 38.9 Å². The van der Waals surface area contributed by atoms with Gasteiger partial charge in [-0.05, 0) is 46.6 Å². The van der Waals surface area contributed by atoms with Crippen molar-refractivity contribution in [3.05, 3.63) is 49.6 Å². The Balaban J connectivity index is 2.02. The van der Waals surface area contributed by atoms with Crippen molar-refractivity contribution in [2.45, 2.75) is 27.0 Å². The summed E-state index contributed by atoms with van der Waals surface area (Å²) in [5.74, 6) is 1.40. The number of thiophene rings is 1. The summed E-state index contributed by atoms with van der Waals surface area (Å²) in [5.41, 5.74) is 1.10. The van der Waals surface area contributed by atoms with Crippen LogP contribution in [0.1, 0.15) is 24.3 Å². The maximum absolute atomic E-state index is 6.28. The van der Waals surface area contributed by atoms with Crippen LogP contribution in [0.15, 0.2) is 34.1 Å². The van der Waals surface area contributed by atoms with Crippen molar-refractivity contribution in [2.75, 3.05) is 6.54 Å². The Kier molecular flexibility index (Phi) is 6.55. The molecular formula is C16H19BrClNOS. The summed E-state index contributed by atoms with van der Waals surface area (Å²) in [6, 6.07) is 9.97. The fourth-order valence-electron chi connectivity index (χ4n) is 1.92. The summed E-state index contributed by atoms with van der Waals surface area (Å²) in [6.07, 6.45) is 0. The average molecular weight is 389 g/mol. The lowest BCUT2D eigenvalue weighted by Crippen LogP contribution is -2.19. The van der Waals surface area contributed by atoms with Gasteiger partial charge in [-0.3, -0.25) is 0 Å². The van der Waals surface area contributed by atoms with E-state index in [0.29, 0.717) is 17.5 Å². The van der Waals surface area contributed by atoms with E-state index < -0.39 is 0 Å². The fraction of sp³-hybridized carbons (Fsp3) is 0.375. The Hall–Kier alpha value is -0.550. The number of para-hydroxylation sites is 1. The standard InChI is InChI=1S/C16H19BrClNOS/c1-11(2)8-19-9-12-4-3-5-14(18)16(12)20-10-13-6-7-15(17)21-13/h3-7,11,19H,8-10H2,1-2H3. The molecule has 0 saturated carbocycles. The van der Waals surface area contributed by atoms with Crippen LogP contribution in [0.3, 0.4) is 0 Å². The molecule has 114 valence electrons. The molecule has 0 radical (unpaired) electrons. The third-order valence-electron chi connectivity index (χ3n) is 2.90. The maximum atomic E-state index is 6.28. The minimum atomic E-state index is 0.539. The van der Waals surface area contributed by atoms with Crippen LogP contribution in [0.25, 0.3) is 0 Å². The van der Waals surface area contributed by atoms with E-state index in [1.807, 2.05) is 18.2 Å². The van der Waals surface area contributed by atoms with Crippen molar-refractivity contribution in [3.8, 4) is 5.75 Å². The molecule has 21 heavy (non-hydrogen) atoms. The van der Waals surface area contributed by atoms with Crippen LogP contribution in [0.5, 0.6) is 5.75 Å². The number of benzene rings is 1. The average Bonchev–Trinajstić information content (AvgIpc) is 2.83. The first-order valence-electron chi connectivity index (χ1n) is 6.91. The van der Waals surface area contributed by atoms with Crippen LogP contribution in [-0.4, -0.2) is 6.54 Å². The Bertz CT molecular complexity index is 585. The van der Waals surface area contributed by atoms with E-state index in [0.717, 1.165) is 28.2 Å². The van der Waals surface area contributed by atoms with Crippen LogP contribution in [-0.2, 0) is 13.2 Å². The minimum Gasteiger partial charge on any atom is -0.486 e. The van der Waals surface area contributed by atoms with E-state index in [1.165, 1.54) is 4.88 Å². The molecule has 0 aliphatic heterocycles. The van der Waals surface area contributed by atoms with Gasteiger partial charge < -0.3 is 10.1 Å². The molecule has 2 nitrogen and oxygen atoms in total. The molecule has 1 aromatic heterocycles. The topological polar surface area (TPSA) is 21.3 Å². The van der Waals surface area contributed by atoms with Gasteiger partial charge in [-0.2, -0.15) is 0 Å². The third-order valence-corrected chi connectivity index (χ3v) is 4.80. The minimum absolute atomic E-state index is 0.539. The number of ether oxygens (including phenoxy) is 1. The Labute approximate surface area is 143 Å². The van der Waals surface area contributed by atoms with Crippen LogP contribution in [0, 0.1) is 5.92 Å². The number of halogens is 2. The molecular weight excluding hydrogens is 370 g/mol. The highest BCUT2D eigenvalue weighted by atomic mass is 79.9. The monoisotopic (exact) mass is 387 g/mol. The predicted octanol–water partition coefficient (Wildman–Crippen LogP) is 5.49. The first kappa shape index (κ1) is 16.8. The Morgan fingerprint density at radius 2 is 2.10 bits per heavy atom. The van der Waals surface area contributed by atoms with E-state index >= 15 is 0 Å². The van der Waals surface area contributed by atoms with Crippen LogP contribution < -0.4 is 10.1 Å². The molecule has 2 rings (SSSR count). The van der Waals surface area contributed by atoms with Gasteiger partial charge in [0.15, 0.2) is 0 Å². The largest absolute Gasteiger partial charge is 0.486 e. The van der Waals surface area contributed by atoms with Gasteiger partial charge in [-0.25, -0.2) is 0 Å². The third kappa shape index (κ3) is 5.29. The molecule has 1 N–H and O–H groups in total. The molecule has 5 heteroatoms. The van der Waals surface area contributed by atoms with Crippen molar-refractivity contribution in [1.82, 2.24) is 5.32 Å². The SMILES string of the molecule is CC(C)CNCc1cccc(Cl)c1OCc1ccc(Br)s1. The van der Waals surface area contributed by atoms with Gasteiger partial charge in [0.1, 0.15) is 12.4 Å². The molecule has 0 saturated heterocycles. The van der Waals surface area contributed by atoms with E-state index in [2.05, 4.69) is 47.2 Å². The van der Waals surface area contributed by atoms with Gasteiger partial charge in [0.05, 0.1) is 8.81 Å². The summed E-state index contributed by atoms with van der Waals surface area (Å²) in [7, 11) is 0. The fourth-order valence-corrected chi connectivity index (χ4v) is 3.57. The number of rotatable bonds is 7. The highest BCUT2D eigenvalue weighted by Gasteiger charge is 2.09. The van der Waals surface area contributed by atoms with Crippen molar-refractivity contribution in [2.24, 2.45) is 5.92 Å². The predicted molar refractivity (Wildman–Crippen MR) is 94.3 cm³/mol. The van der Waals surface area contributed by atoms with Crippen molar-refractivity contribution in [1.29, 1.82) is 0 Å². The first-order valence-corrected chi connectivity index (χ1v) is 8.90. The van der Waals surface area contributed by atoms with E-state index in [-0.39, 0.29) is 0 Å². The molecule has 1 heterocycles. The number of hydrogen-bond donors (Lipinski definition) is 1. The zero-order valence-corrected chi connectivity index (χ0v) is 15.3. The van der Waals surface area contributed by atoms with Gasteiger partial charge in [0.2, 0.25) is 0 Å². The molecule has 0 atom stereocenters. The van der Waals surface area contributed by atoms with E-state index in [9.17, 15) is 0 Å².